The fraction of sp³-hybridized carbons (Fsp3) is 0.333. The van der Waals surface area contributed by atoms with E-state index in [1.807, 2.05) is 25.1 Å². The van der Waals surface area contributed by atoms with Crippen LogP contribution in [0.25, 0.3) is 10.9 Å². The van der Waals surface area contributed by atoms with Crippen molar-refractivity contribution in [1.29, 1.82) is 0 Å². The Labute approximate surface area is 266 Å². The molecule has 2 aliphatic rings. The molecule has 0 radical (unpaired) electrons. The zero-order chi connectivity index (χ0) is 31.9. The van der Waals surface area contributed by atoms with E-state index in [1.54, 1.807) is 6.20 Å². The van der Waals surface area contributed by atoms with Crippen LogP contribution in [-0.2, 0) is 21.2 Å². The quantitative estimate of drug-likeness (QED) is 0.190. The molecule has 1 saturated heterocycles. The van der Waals surface area contributed by atoms with Crippen LogP contribution in [0.4, 0.5) is 4.79 Å². The van der Waals surface area contributed by atoms with Gasteiger partial charge in [0.15, 0.2) is 0 Å². The number of rotatable bonds is 9. The van der Waals surface area contributed by atoms with Crippen LogP contribution in [0.1, 0.15) is 36.8 Å². The molecule has 45 heavy (non-hydrogen) atoms. The van der Waals surface area contributed by atoms with E-state index in [2.05, 4.69) is 4.98 Å². The number of nitrogens with zero attached hydrogens (tertiary/aromatic N) is 2. The van der Waals surface area contributed by atoms with Crippen molar-refractivity contribution < 1.29 is 27.9 Å². The van der Waals surface area contributed by atoms with Gasteiger partial charge >= 0.3 is 6.03 Å². The van der Waals surface area contributed by atoms with E-state index in [1.165, 1.54) is 42.5 Å². The Morgan fingerprint density at radius 1 is 1.04 bits per heavy atom. The summed E-state index contributed by atoms with van der Waals surface area (Å²) in [4.78, 5) is 32.1. The lowest BCUT2D eigenvalue weighted by molar-refractivity contribution is -0.128. The molecule has 4 aromatic rings. The Hall–Kier alpha value is -4.06. The number of H-pyrrole nitrogens is 1. The van der Waals surface area contributed by atoms with E-state index in [9.17, 15) is 23.1 Å². The molecule has 10 nitrogen and oxygen atoms in total. The van der Waals surface area contributed by atoms with Crippen molar-refractivity contribution in [3.63, 3.8) is 0 Å². The molecule has 1 aliphatic heterocycles. The highest BCUT2D eigenvalue weighted by atomic mass is 35.5. The van der Waals surface area contributed by atoms with Crippen molar-refractivity contribution in [3.8, 4) is 17.2 Å². The van der Waals surface area contributed by atoms with Gasteiger partial charge in [-0.25, -0.2) is 17.5 Å². The first-order chi connectivity index (χ1) is 21.6. The molecule has 2 fully saturated rings. The number of hydrogen-bond donors (Lipinski definition) is 3. The molecule has 2 heterocycles. The number of aromatic hydroxyl groups is 1. The summed E-state index contributed by atoms with van der Waals surface area (Å²) in [5.41, 5.74) is 8.59. The summed E-state index contributed by atoms with van der Waals surface area (Å²) in [6.07, 6.45) is 5.41. The molecule has 1 aromatic heterocycles. The second kappa shape index (κ2) is 12.4. The predicted molar refractivity (Wildman–Crippen MR) is 171 cm³/mol. The summed E-state index contributed by atoms with van der Waals surface area (Å²) in [6, 6.07) is 13.6. The van der Waals surface area contributed by atoms with Crippen LogP contribution in [0.5, 0.6) is 17.2 Å². The number of para-hydroxylation sites is 1. The molecule has 0 spiro atoms. The largest absolute Gasteiger partial charge is 0.506 e. The second-order valence-corrected chi connectivity index (χ2v) is 14.1. The minimum absolute atomic E-state index is 0.0304. The van der Waals surface area contributed by atoms with Gasteiger partial charge in [0.05, 0.1) is 9.92 Å². The van der Waals surface area contributed by atoms with Gasteiger partial charge in [-0.1, -0.05) is 36.2 Å². The third-order valence-electron chi connectivity index (χ3n) is 8.88. The lowest BCUT2D eigenvalue weighted by atomic mass is 9.81. The highest BCUT2D eigenvalue weighted by molar-refractivity contribution is 7.89. The maximum absolute atomic E-state index is 14.2. The van der Waals surface area contributed by atoms with Crippen LogP contribution >= 0.6 is 11.6 Å². The highest BCUT2D eigenvalue weighted by Gasteiger charge is 2.52. The van der Waals surface area contributed by atoms with E-state index in [-0.39, 0.29) is 34.6 Å². The molecule has 4 N–H and O–H groups in total. The van der Waals surface area contributed by atoms with Crippen molar-refractivity contribution >= 4 is 44.5 Å². The Bertz CT molecular complexity index is 1860. The number of urea groups is 1. The van der Waals surface area contributed by atoms with Crippen LogP contribution in [0.3, 0.4) is 0 Å². The van der Waals surface area contributed by atoms with Crippen LogP contribution in [0.2, 0.25) is 5.02 Å². The standard InChI is InChI=1S/C33H35ClN4O6S/c1-20-4-2-7-27-23(18-36-31(20)27)15-29-32(40)37(19-22-6-3-5-21(14-22)17-35)33(41)38(29)45(42,43)26-11-8-24(9-12-26)44-25-10-13-30(39)28(34)16-25/h2,4,7-13,16,18,21-22,29,36,39H,3,5-6,14-15,17,19,35H2,1H3. The average molecular weight is 651 g/mol. The third-order valence-corrected chi connectivity index (χ3v) is 11.0. The van der Waals surface area contributed by atoms with Gasteiger partial charge in [0.1, 0.15) is 23.3 Å². The number of phenolic OH excluding ortho intramolecular Hbond substituents is 1. The maximum Gasteiger partial charge on any atom is 0.341 e. The van der Waals surface area contributed by atoms with Gasteiger partial charge in [-0.05, 0) is 92.1 Å². The average Bonchev–Trinajstić information content (AvgIpc) is 3.54. The number of aromatic amines is 1. The van der Waals surface area contributed by atoms with Gasteiger partial charge < -0.3 is 20.6 Å². The van der Waals surface area contributed by atoms with Gasteiger partial charge in [0.25, 0.3) is 15.9 Å². The molecule has 0 bridgehead atoms. The summed E-state index contributed by atoms with van der Waals surface area (Å²) < 4.78 is 34.8. The van der Waals surface area contributed by atoms with Crippen LogP contribution < -0.4 is 10.5 Å². The topological polar surface area (TPSA) is 146 Å². The fourth-order valence-electron chi connectivity index (χ4n) is 6.50. The molecule has 236 valence electrons. The first-order valence-electron chi connectivity index (χ1n) is 15.0. The molecule has 3 amide bonds. The van der Waals surface area contributed by atoms with Crippen molar-refractivity contribution in [3.05, 3.63) is 83.0 Å². The summed E-state index contributed by atoms with van der Waals surface area (Å²) in [6.45, 7) is 2.67. The molecular formula is C33H35ClN4O6S. The third kappa shape index (κ3) is 5.99. The summed E-state index contributed by atoms with van der Waals surface area (Å²) in [5.74, 6) is 0.426. The van der Waals surface area contributed by atoms with E-state index < -0.39 is 28.0 Å². The van der Waals surface area contributed by atoms with Crippen molar-refractivity contribution in [2.75, 3.05) is 13.1 Å². The molecule has 1 saturated carbocycles. The monoisotopic (exact) mass is 650 g/mol. The number of aromatic nitrogens is 1. The number of fused-ring (bicyclic) bond motifs is 1. The van der Waals surface area contributed by atoms with Crippen molar-refractivity contribution in [2.24, 2.45) is 17.6 Å². The number of halogens is 1. The number of nitrogens with one attached hydrogen (secondary N) is 1. The van der Waals surface area contributed by atoms with Crippen LogP contribution in [-0.4, -0.2) is 58.8 Å². The van der Waals surface area contributed by atoms with Crippen molar-refractivity contribution in [1.82, 2.24) is 14.2 Å². The Kier molecular flexibility index (Phi) is 8.51. The zero-order valence-corrected chi connectivity index (χ0v) is 26.4. The van der Waals surface area contributed by atoms with Gasteiger partial charge in [-0.3, -0.25) is 9.69 Å². The summed E-state index contributed by atoms with van der Waals surface area (Å²) in [5, 5.41) is 10.6. The number of amides is 3. The number of carbonyl (C=O) groups is 2. The molecule has 3 atom stereocenters. The minimum Gasteiger partial charge on any atom is -0.506 e. The lowest BCUT2D eigenvalue weighted by Crippen LogP contribution is -2.41. The maximum atomic E-state index is 14.2. The van der Waals surface area contributed by atoms with Crippen LogP contribution in [0, 0.1) is 18.8 Å². The Morgan fingerprint density at radius 3 is 2.51 bits per heavy atom. The number of imide groups is 1. The Balaban J connectivity index is 1.31. The number of hydrogen-bond acceptors (Lipinski definition) is 7. The number of sulfonamides is 1. The Morgan fingerprint density at radius 2 is 1.78 bits per heavy atom. The normalized spacial score (nSPS) is 20.7. The summed E-state index contributed by atoms with van der Waals surface area (Å²) >= 11 is 5.97. The first kappa shape index (κ1) is 30.9. The van der Waals surface area contributed by atoms with Gasteiger partial charge in [-0.2, -0.15) is 0 Å². The number of aryl methyl sites for hydroxylation is 1. The molecule has 12 heteroatoms. The number of nitrogens with two attached hydrogens (primary N) is 1. The molecular weight excluding hydrogens is 616 g/mol. The molecule has 3 aromatic carbocycles. The molecule has 3 unspecified atom stereocenters. The smallest absolute Gasteiger partial charge is 0.341 e. The number of carbonyl (C=O) groups excluding carboxylic acids is 2. The van der Waals surface area contributed by atoms with Crippen LogP contribution in [0.15, 0.2) is 71.8 Å². The number of phenols is 1. The number of ether oxygens (including phenoxy) is 1. The SMILES string of the molecule is Cc1cccc2c(CC3C(=O)N(CC4CCCC(CN)C4)C(=O)N3S(=O)(=O)c3ccc(Oc4ccc(O)c(Cl)c4)cc3)c[nH]c12. The summed E-state index contributed by atoms with van der Waals surface area (Å²) in [7, 11) is -4.44. The minimum atomic E-state index is -4.44. The van der Waals surface area contributed by atoms with Gasteiger partial charge in [0.2, 0.25) is 0 Å². The second-order valence-electron chi connectivity index (χ2n) is 11.9. The zero-order valence-electron chi connectivity index (χ0n) is 24.8. The fourth-order valence-corrected chi connectivity index (χ4v) is 8.18. The van der Waals surface area contributed by atoms with E-state index in [4.69, 9.17) is 22.1 Å². The number of benzene rings is 3. The molecule has 1 aliphatic carbocycles. The van der Waals surface area contributed by atoms with E-state index in [0.29, 0.717) is 24.0 Å². The first-order valence-corrected chi connectivity index (χ1v) is 16.8. The lowest BCUT2D eigenvalue weighted by Gasteiger charge is -2.30. The predicted octanol–water partition coefficient (Wildman–Crippen LogP) is 5.96. The van der Waals surface area contributed by atoms with Crippen molar-refractivity contribution in [2.45, 2.75) is 50.0 Å². The molecule has 6 rings (SSSR count). The van der Waals surface area contributed by atoms with Gasteiger partial charge in [-0.15, -0.1) is 0 Å². The van der Waals surface area contributed by atoms with E-state index in [0.717, 1.165) is 56.9 Å². The van der Waals surface area contributed by atoms with E-state index >= 15 is 0 Å². The van der Waals surface area contributed by atoms with Gasteiger partial charge in [0, 0.05) is 36.1 Å². The highest BCUT2D eigenvalue weighted by Crippen LogP contribution is 2.36.